The highest BCUT2D eigenvalue weighted by Crippen LogP contribution is 2.29. The fourth-order valence-corrected chi connectivity index (χ4v) is 2.37. The fraction of sp³-hybridized carbons (Fsp3) is 0.417. The van der Waals surface area contributed by atoms with Crippen LogP contribution in [0.3, 0.4) is 0 Å². The zero-order chi connectivity index (χ0) is 12.6. The van der Waals surface area contributed by atoms with Gasteiger partial charge in [-0.15, -0.1) is 0 Å². The third-order valence-corrected chi connectivity index (χ3v) is 3.27. The van der Waals surface area contributed by atoms with E-state index in [0.717, 1.165) is 11.1 Å². The number of amides is 1. The molecule has 2 atom stereocenters. The first-order valence-electron chi connectivity index (χ1n) is 5.48. The van der Waals surface area contributed by atoms with Crippen LogP contribution < -0.4 is 5.73 Å². The normalized spacial score (nSPS) is 24.1. The van der Waals surface area contributed by atoms with Crippen LogP contribution in [0.5, 0.6) is 0 Å². The van der Waals surface area contributed by atoms with Gasteiger partial charge in [0.15, 0.2) is 0 Å². The summed E-state index contributed by atoms with van der Waals surface area (Å²) in [6.07, 6.45) is -0.956. The third kappa shape index (κ3) is 2.24. The Kier molecular flexibility index (Phi) is 3.02. The first-order valence-corrected chi connectivity index (χ1v) is 5.48. The Morgan fingerprint density at radius 3 is 2.76 bits per heavy atom. The van der Waals surface area contributed by atoms with Crippen LogP contribution in [0.15, 0.2) is 18.2 Å². The van der Waals surface area contributed by atoms with E-state index < -0.39 is 6.09 Å². The van der Waals surface area contributed by atoms with Gasteiger partial charge in [0.1, 0.15) is 5.82 Å². The first-order chi connectivity index (χ1) is 7.99. The molecular formula is C12H15FN2O2. The molecule has 0 bridgehead atoms. The molecule has 1 fully saturated rings. The average Bonchev–Trinajstić information content (AvgIpc) is 2.61. The molecule has 0 aromatic heterocycles. The largest absolute Gasteiger partial charge is 0.465 e. The van der Waals surface area contributed by atoms with Crippen LogP contribution in [0.4, 0.5) is 9.18 Å². The van der Waals surface area contributed by atoms with Crippen LogP contribution in [0.1, 0.15) is 17.0 Å². The highest BCUT2D eigenvalue weighted by molar-refractivity contribution is 5.66. The summed E-state index contributed by atoms with van der Waals surface area (Å²) in [4.78, 5) is 12.2. The highest BCUT2D eigenvalue weighted by Gasteiger charge is 2.34. The van der Waals surface area contributed by atoms with Crippen LogP contribution in [0.25, 0.3) is 0 Å². The van der Waals surface area contributed by atoms with E-state index in [2.05, 4.69) is 0 Å². The molecule has 1 aromatic rings. The summed E-state index contributed by atoms with van der Waals surface area (Å²) >= 11 is 0. The van der Waals surface area contributed by atoms with Crippen molar-refractivity contribution in [2.45, 2.75) is 18.9 Å². The lowest BCUT2D eigenvalue weighted by Gasteiger charge is -2.16. The molecule has 4 nitrogen and oxygen atoms in total. The predicted molar refractivity (Wildman–Crippen MR) is 61.5 cm³/mol. The Bertz CT molecular complexity index is 450. The number of likely N-dealkylation sites (tertiary alicyclic amines) is 1. The predicted octanol–water partition coefficient (Wildman–Crippen LogP) is 1.54. The average molecular weight is 238 g/mol. The Balaban J connectivity index is 2.26. The van der Waals surface area contributed by atoms with E-state index in [9.17, 15) is 9.18 Å². The summed E-state index contributed by atoms with van der Waals surface area (Å²) in [6.45, 7) is 2.52. The molecule has 0 saturated carbocycles. The van der Waals surface area contributed by atoms with Crippen molar-refractivity contribution >= 4 is 6.09 Å². The van der Waals surface area contributed by atoms with Crippen molar-refractivity contribution in [2.75, 3.05) is 13.1 Å². The van der Waals surface area contributed by atoms with Crippen molar-refractivity contribution in [3.8, 4) is 0 Å². The zero-order valence-electron chi connectivity index (χ0n) is 9.56. The second kappa shape index (κ2) is 4.33. The molecule has 1 heterocycles. The molecule has 17 heavy (non-hydrogen) atoms. The molecule has 0 unspecified atom stereocenters. The zero-order valence-corrected chi connectivity index (χ0v) is 9.56. The number of benzene rings is 1. The van der Waals surface area contributed by atoms with Crippen molar-refractivity contribution in [1.29, 1.82) is 0 Å². The SMILES string of the molecule is Cc1cc(F)ccc1[C@@H]1CN(C(=O)O)C[C@H]1N. The van der Waals surface area contributed by atoms with Gasteiger partial charge in [0.25, 0.3) is 0 Å². The van der Waals surface area contributed by atoms with Crippen LogP contribution >= 0.6 is 0 Å². The monoisotopic (exact) mass is 238 g/mol. The number of carboxylic acid groups (broad SMARTS) is 1. The summed E-state index contributed by atoms with van der Waals surface area (Å²) in [5, 5.41) is 8.92. The van der Waals surface area contributed by atoms with Crippen molar-refractivity contribution < 1.29 is 14.3 Å². The summed E-state index contributed by atoms with van der Waals surface area (Å²) in [5.41, 5.74) is 7.70. The van der Waals surface area contributed by atoms with Gasteiger partial charge >= 0.3 is 6.09 Å². The van der Waals surface area contributed by atoms with E-state index in [1.54, 1.807) is 6.07 Å². The van der Waals surface area contributed by atoms with E-state index >= 15 is 0 Å². The quantitative estimate of drug-likeness (QED) is 0.779. The maximum Gasteiger partial charge on any atom is 0.407 e. The molecular weight excluding hydrogens is 223 g/mol. The molecule has 2 rings (SSSR count). The number of nitrogens with zero attached hydrogens (tertiary/aromatic N) is 1. The lowest BCUT2D eigenvalue weighted by atomic mass is 9.91. The summed E-state index contributed by atoms with van der Waals surface area (Å²) in [7, 11) is 0. The Morgan fingerprint density at radius 1 is 1.53 bits per heavy atom. The summed E-state index contributed by atoms with van der Waals surface area (Å²) < 4.78 is 13.0. The molecule has 1 aliphatic heterocycles. The minimum absolute atomic E-state index is 0.0494. The Labute approximate surface area is 98.8 Å². The standard InChI is InChI=1S/C12H15FN2O2/c1-7-4-8(13)2-3-9(7)10-5-15(12(16)17)6-11(10)14/h2-4,10-11H,5-6,14H2,1H3,(H,16,17)/t10-,11+/m0/s1. The van der Waals surface area contributed by atoms with Gasteiger partial charge in [-0.1, -0.05) is 6.07 Å². The number of aryl methyl sites for hydroxylation is 1. The van der Waals surface area contributed by atoms with Gasteiger partial charge in [0.05, 0.1) is 0 Å². The molecule has 1 aliphatic rings. The van der Waals surface area contributed by atoms with Gasteiger partial charge in [0.2, 0.25) is 0 Å². The molecule has 1 amide bonds. The fourth-order valence-electron chi connectivity index (χ4n) is 2.37. The minimum Gasteiger partial charge on any atom is -0.465 e. The van der Waals surface area contributed by atoms with E-state index in [1.165, 1.54) is 17.0 Å². The maximum atomic E-state index is 13.0. The van der Waals surface area contributed by atoms with Gasteiger partial charge in [0, 0.05) is 25.0 Å². The van der Waals surface area contributed by atoms with Crippen LogP contribution in [-0.2, 0) is 0 Å². The Hall–Kier alpha value is -1.62. The van der Waals surface area contributed by atoms with Crippen molar-refractivity contribution in [1.82, 2.24) is 4.90 Å². The second-order valence-corrected chi connectivity index (χ2v) is 4.46. The molecule has 1 saturated heterocycles. The minimum atomic E-state index is -0.956. The topological polar surface area (TPSA) is 66.6 Å². The number of carbonyl (C=O) groups is 1. The van der Waals surface area contributed by atoms with Crippen molar-refractivity contribution in [3.63, 3.8) is 0 Å². The van der Waals surface area contributed by atoms with Gasteiger partial charge in [-0.2, -0.15) is 0 Å². The Morgan fingerprint density at radius 2 is 2.24 bits per heavy atom. The van der Waals surface area contributed by atoms with Crippen molar-refractivity contribution in [2.24, 2.45) is 5.73 Å². The number of rotatable bonds is 1. The van der Waals surface area contributed by atoms with Gasteiger partial charge in [-0.05, 0) is 30.2 Å². The van der Waals surface area contributed by atoms with E-state index in [4.69, 9.17) is 10.8 Å². The number of halogens is 1. The molecule has 5 heteroatoms. The van der Waals surface area contributed by atoms with Crippen LogP contribution in [0, 0.1) is 12.7 Å². The lowest BCUT2D eigenvalue weighted by Crippen LogP contribution is -2.31. The second-order valence-electron chi connectivity index (χ2n) is 4.46. The van der Waals surface area contributed by atoms with Crippen LogP contribution in [-0.4, -0.2) is 35.2 Å². The van der Waals surface area contributed by atoms with Gasteiger partial charge in [-0.3, -0.25) is 0 Å². The first kappa shape index (κ1) is 11.9. The molecule has 0 radical (unpaired) electrons. The van der Waals surface area contributed by atoms with Gasteiger partial charge in [-0.25, -0.2) is 9.18 Å². The lowest BCUT2D eigenvalue weighted by molar-refractivity contribution is 0.154. The van der Waals surface area contributed by atoms with Crippen molar-refractivity contribution in [3.05, 3.63) is 35.1 Å². The number of hydrogen-bond donors (Lipinski definition) is 2. The van der Waals surface area contributed by atoms with Gasteiger partial charge < -0.3 is 15.7 Å². The maximum absolute atomic E-state index is 13.0. The number of hydrogen-bond acceptors (Lipinski definition) is 2. The summed E-state index contributed by atoms with van der Waals surface area (Å²) in [6, 6.07) is 4.31. The molecule has 3 N–H and O–H groups in total. The summed E-state index contributed by atoms with van der Waals surface area (Å²) in [5.74, 6) is -0.334. The van der Waals surface area contributed by atoms with Crippen LogP contribution in [0.2, 0.25) is 0 Å². The molecule has 1 aromatic carbocycles. The van der Waals surface area contributed by atoms with E-state index in [0.29, 0.717) is 13.1 Å². The smallest absolute Gasteiger partial charge is 0.407 e. The molecule has 92 valence electrons. The molecule has 0 spiro atoms. The van der Waals surface area contributed by atoms with E-state index in [1.807, 2.05) is 6.92 Å². The third-order valence-electron chi connectivity index (χ3n) is 3.27. The number of nitrogens with two attached hydrogens (primary N) is 1. The van der Waals surface area contributed by atoms with E-state index in [-0.39, 0.29) is 17.8 Å². The molecule has 0 aliphatic carbocycles. The highest BCUT2D eigenvalue weighted by atomic mass is 19.1.